The third kappa shape index (κ3) is 3.08. The Morgan fingerprint density at radius 2 is 1.91 bits per heavy atom. The van der Waals surface area contributed by atoms with Gasteiger partial charge in [0.25, 0.3) is 0 Å². The van der Waals surface area contributed by atoms with Crippen LogP contribution < -0.4 is 5.32 Å². The van der Waals surface area contributed by atoms with Gasteiger partial charge in [0, 0.05) is 13.7 Å². The summed E-state index contributed by atoms with van der Waals surface area (Å²) in [4.78, 5) is 0. The third-order valence-corrected chi connectivity index (χ3v) is 1.49. The molecule has 1 nitrogen and oxygen atoms in total. The topological polar surface area (TPSA) is 12.0 Å². The van der Waals surface area contributed by atoms with E-state index in [1.54, 1.807) is 0 Å². The summed E-state index contributed by atoms with van der Waals surface area (Å²) in [5, 5.41) is 3.34. The summed E-state index contributed by atoms with van der Waals surface area (Å²) in [7, 11) is 0. The van der Waals surface area contributed by atoms with Gasteiger partial charge in [0.05, 0.1) is 0 Å². The zero-order chi connectivity index (χ0) is 8.10. The molecular weight excluding hydrogens is 134 g/mol. The van der Waals surface area contributed by atoms with Gasteiger partial charge in [0.15, 0.2) is 0 Å². The lowest BCUT2D eigenvalue weighted by molar-refractivity contribution is 0.689. The molecular formula is C10H17N. The van der Waals surface area contributed by atoms with Crippen molar-refractivity contribution in [2.24, 2.45) is 5.92 Å². The van der Waals surface area contributed by atoms with Crippen molar-refractivity contribution in [1.29, 1.82) is 0 Å². The van der Waals surface area contributed by atoms with Crippen molar-refractivity contribution >= 4 is 5.69 Å². The number of hydrogen-bond donors (Lipinski definition) is 1. The molecule has 1 aromatic rings. The van der Waals surface area contributed by atoms with Crippen molar-refractivity contribution in [2.45, 2.75) is 13.8 Å². The van der Waals surface area contributed by atoms with E-state index in [0.29, 0.717) is 5.92 Å². The van der Waals surface area contributed by atoms with Crippen molar-refractivity contribution in [3.63, 3.8) is 0 Å². The Morgan fingerprint density at radius 1 is 1.27 bits per heavy atom. The molecule has 0 spiro atoms. The highest BCUT2D eigenvalue weighted by molar-refractivity contribution is 5.42. The molecule has 1 N–H and O–H groups in total. The van der Waals surface area contributed by atoms with Crippen LogP contribution in [0.2, 0.25) is 0 Å². The molecule has 11 heavy (non-hydrogen) atoms. The van der Waals surface area contributed by atoms with Crippen LogP contribution in [0.25, 0.3) is 0 Å². The van der Waals surface area contributed by atoms with Crippen LogP contribution in [-0.4, -0.2) is 6.54 Å². The summed E-state index contributed by atoms with van der Waals surface area (Å²) < 4.78 is 0. The fourth-order valence-electron chi connectivity index (χ4n) is 0.878. The molecule has 1 heteroatoms. The van der Waals surface area contributed by atoms with Gasteiger partial charge in [-0.15, -0.1) is 0 Å². The van der Waals surface area contributed by atoms with Crippen LogP contribution in [0.3, 0.4) is 0 Å². The van der Waals surface area contributed by atoms with Crippen LogP contribution in [0.5, 0.6) is 0 Å². The normalized spacial score (nSPS) is 10.1. The summed E-state index contributed by atoms with van der Waals surface area (Å²) >= 11 is 0. The van der Waals surface area contributed by atoms with E-state index in [-0.39, 0.29) is 1.43 Å². The Labute approximate surface area is 69.9 Å². The Bertz CT molecular complexity index is 196. The minimum absolute atomic E-state index is 0. The smallest absolute Gasteiger partial charge is 0.0340 e. The lowest BCUT2D eigenvalue weighted by Crippen LogP contribution is -2.07. The summed E-state index contributed by atoms with van der Waals surface area (Å²) in [5.41, 5.74) is 1.21. The first-order chi connectivity index (χ1) is 5.29. The molecule has 0 aromatic heterocycles. The number of hydrogen-bond acceptors (Lipinski definition) is 1. The molecule has 1 aromatic carbocycles. The van der Waals surface area contributed by atoms with Crippen LogP contribution >= 0.6 is 0 Å². The first-order valence-corrected chi connectivity index (χ1v) is 4.08. The van der Waals surface area contributed by atoms with Gasteiger partial charge in [-0.25, -0.2) is 0 Å². The van der Waals surface area contributed by atoms with E-state index in [1.807, 2.05) is 18.2 Å². The second-order valence-electron chi connectivity index (χ2n) is 3.14. The summed E-state index contributed by atoms with van der Waals surface area (Å²) in [6.07, 6.45) is 0. The number of nitrogens with one attached hydrogen (secondary N) is 1. The number of para-hydroxylation sites is 1. The first-order valence-electron chi connectivity index (χ1n) is 4.08. The zero-order valence-corrected chi connectivity index (χ0v) is 7.17. The maximum atomic E-state index is 3.34. The van der Waals surface area contributed by atoms with Gasteiger partial charge >= 0.3 is 0 Å². The van der Waals surface area contributed by atoms with Crippen molar-refractivity contribution in [3.8, 4) is 0 Å². The molecule has 0 radical (unpaired) electrons. The second kappa shape index (κ2) is 4.02. The maximum Gasteiger partial charge on any atom is 0.0340 e. The summed E-state index contributed by atoms with van der Waals surface area (Å²) in [6, 6.07) is 10.3. The standard InChI is InChI=1S/C10H15N.H2/c1-9(2)8-11-10-6-4-3-5-7-10;/h3-7,9,11H,8H2,1-2H3;1H. The van der Waals surface area contributed by atoms with Crippen molar-refractivity contribution < 1.29 is 1.43 Å². The largest absolute Gasteiger partial charge is 0.385 e. The molecule has 1 rings (SSSR count). The molecule has 0 bridgehead atoms. The minimum atomic E-state index is 0. The highest BCUT2D eigenvalue weighted by Crippen LogP contribution is 2.05. The predicted octanol–water partition coefficient (Wildman–Crippen LogP) is 3.00. The quantitative estimate of drug-likeness (QED) is 0.700. The monoisotopic (exact) mass is 151 g/mol. The number of anilines is 1. The average molecular weight is 151 g/mol. The van der Waals surface area contributed by atoms with Gasteiger partial charge in [-0.1, -0.05) is 32.0 Å². The Morgan fingerprint density at radius 3 is 2.45 bits per heavy atom. The van der Waals surface area contributed by atoms with Crippen LogP contribution in [0.15, 0.2) is 30.3 Å². The second-order valence-corrected chi connectivity index (χ2v) is 3.14. The van der Waals surface area contributed by atoms with E-state index in [4.69, 9.17) is 0 Å². The van der Waals surface area contributed by atoms with Gasteiger partial charge in [0.1, 0.15) is 0 Å². The van der Waals surface area contributed by atoms with E-state index in [2.05, 4.69) is 31.3 Å². The Balaban J connectivity index is 0.00000121. The average Bonchev–Trinajstić information content (AvgIpc) is 2.03. The van der Waals surface area contributed by atoms with Crippen molar-refractivity contribution in [2.75, 3.05) is 11.9 Å². The lowest BCUT2D eigenvalue weighted by Gasteiger charge is -2.07. The van der Waals surface area contributed by atoms with Gasteiger partial charge < -0.3 is 5.32 Å². The summed E-state index contributed by atoms with van der Waals surface area (Å²) in [6.45, 7) is 5.45. The molecule has 0 aliphatic carbocycles. The highest BCUT2D eigenvalue weighted by atomic mass is 14.9. The van der Waals surface area contributed by atoms with E-state index in [9.17, 15) is 0 Å². The Kier molecular flexibility index (Phi) is 2.96. The lowest BCUT2D eigenvalue weighted by atomic mass is 10.2. The molecule has 0 unspecified atom stereocenters. The third-order valence-electron chi connectivity index (χ3n) is 1.49. The molecule has 0 saturated carbocycles. The van der Waals surface area contributed by atoms with Crippen LogP contribution in [-0.2, 0) is 0 Å². The molecule has 0 amide bonds. The molecule has 0 atom stereocenters. The molecule has 0 fully saturated rings. The maximum absolute atomic E-state index is 3.34. The van der Waals surface area contributed by atoms with E-state index >= 15 is 0 Å². The van der Waals surface area contributed by atoms with E-state index < -0.39 is 0 Å². The molecule has 0 aliphatic heterocycles. The van der Waals surface area contributed by atoms with Crippen LogP contribution in [0.4, 0.5) is 5.69 Å². The van der Waals surface area contributed by atoms with E-state index in [1.165, 1.54) is 5.69 Å². The minimum Gasteiger partial charge on any atom is -0.385 e. The number of rotatable bonds is 3. The van der Waals surface area contributed by atoms with Crippen LogP contribution in [0.1, 0.15) is 15.3 Å². The van der Waals surface area contributed by atoms with Gasteiger partial charge in [-0.05, 0) is 18.1 Å². The summed E-state index contributed by atoms with van der Waals surface area (Å²) in [5.74, 6) is 0.704. The number of benzene rings is 1. The fraction of sp³-hybridized carbons (Fsp3) is 0.400. The van der Waals surface area contributed by atoms with Crippen molar-refractivity contribution in [3.05, 3.63) is 30.3 Å². The molecule has 0 saturated heterocycles. The zero-order valence-electron chi connectivity index (χ0n) is 7.17. The van der Waals surface area contributed by atoms with Crippen LogP contribution in [0, 0.1) is 5.92 Å². The SMILES string of the molecule is CC(C)CNc1ccccc1.[HH]. The van der Waals surface area contributed by atoms with Gasteiger partial charge in [-0.3, -0.25) is 0 Å². The predicted molar refractivity (Wildman–Crippen MR) is 51.9 cm³/mol. The van der Waals surface area contributed by atoms with Gasteiger partial charge in [-0.2, -0.15) is 0 Å². The molecule has 0 aliphatic rings. The highest BCUT2D eigenvalue weighted by Gasteiger charge is 1.92. The van der Waals surface area contributed by atoms with Gasteiger partial charge in [0.2, 0.25) is 0 Å². The molecule has 62 valence electrons. The van der Waals surface area contributed by atoms with E-state index in [0.717, 1.165) is 6.54 Å². The first kappa shape index (κ1) is 8.12. The Hall–Kier alpha value is -0.980. The van der Waals surface area contributed by atoms with Crippen molar-refractivity contribution in [1.82, 2.24) is 0 Å². The fourth-order valence-corrected chi connectivity index (χ4v) is 0.878. The molecule has 0 heterocycles.